The van der Waals surface area contributed by atoms with E-state index in [2.05, 4.69) is 24.1 Å². The number of fused-ring (bicyclic) bond motifs is 1. The van der Waals surface area contributed by atoms with Crippen molar-refractivity contribution in [2.75, 3.05) is 47.1 Å². The third-order valence-corrected chi connectivity index (χ3v) is 7.81. The van der Waals surface area contributed by atoms with E-state index in [1.54, 1.807) is 26.4 Å². The fraction of sp³-hybridized carbons (Fsp3) is 0.704. The Balaban J connectivity index is 1.39. The van der Waals surface area contributed by atoms with Crippen LogP contribution in [0.4, 0.5) is 0 Å². The molecule has 0 bridgehead atoms. The highest BCUT2D eigenvalue weighted by atomic mass is 16.5. The van der Waals surface area contributed by atoms with Gasteiger partial charge in [-0.1, -0.05) is 0 Å². The highest BCUT2D eigenvalue weighted by molar-refractivity contribution is 6.16. The minimum atomic E-state index is -0.525. The van der Waals surface area contributed by atoms with Crippen molar-refractivity contribution in [3.63, 3.8) is 0 Å². The highest BCUT2D eigenvalue weighted by Gasteiger charge is 2.42. The number of Topliss-reactive ketones (excluding diaryl/α,β-unsaturated/α-hetero) is 2. The van der Waals surface area contributed by atoms with Crippen LogP contribution in [-0.2, 0) is 9.47 Å². The maximum absolute atomic E-state index is 13.2. The van der Waals surface area contributed by atoms with E-state index in [1.807, 2.05) is 6.07 Å². The second kappa shape index (κ2) is 11.3. The molecule has 1 heterocycles. The molecule has 0 radical (unpaired) electrons. The molecule has 4 rings (SSSR count). The summed E-state index contributed by atoms with van der Waals surface area (Å²) < 4.78 is 16.7. The SMILES string of the molecule is COCC1C(=O)c2ccc(OC3CC(N(CC4CCNCC4)C(C)C)C3)cc2C(=O)C1COC. The van der Waals surface area contributed by atoms with E-state index in [9.17, 15) is 9.59 Å². The number of carbonyl (C=O) groups excluding carboxylic acids is 2. The van der Waals surface area contributed by atoms with E-state index < -0.39 is 11.8 Å². The van der Waals surface area contributed by atoms with Gasteiger partial charge < -0.3 is 19.5 Å². The van der Waals surface area contributed by atoms with Gasteiger partial charge in [0.1, 0.15) is 11.9 Å². The molecule has 1 aliphatic heterocycles. The molecule has 1 aromatic carbocycles. The molecule has 7 nitrogen and oxygen atoms in total. The fourth-order valence-corrected chi connectivity index (χ4v) is 5.76. The zero-order valence-corrected chi connectivity index (χ0v) is 21.0. The molecule has 2 atom stereocenters. The van der Waals surface area contributed by atoms with E-state index in [0.29, 0.717) is 29.0 Å². The summed E-state index contributed by atoms with van der Waals surface area (Å²) in [6.07, 6.45) is 4.65. The molecule has 2 fully saturated rings. The predicted molar refractivity (Wildman–Crippen MR) is 131 cm³/mol. The molecule has 7 heteroatoms. The van der Waals surface area contributed by atoms with Crippen LogP contribution in [-0.4, -0.2) is 81.7 Å². The number of hydrogen-bond acceptors (Lipinski definition) is 7. The van der Waals surface area contributed by atoms with Crippen molar-refractivity contribution < 1.29 is 23.8 Å². The Morgan fingerprint density at radius 1 is 0.971 bits per heavy atom. The average Bonchev–Trinajstić information content (AvgIpc) is 2.81. The zero-order valence-electron chi connectivity index (χ0n) is 21.0. The van der Waals surface area contributed by atoms with Gasteiger partial charge in [-0.05, 0) is 63.9 Å². The molecule has 0 spiro atoms. The number of benzene rings is 1. The lowest BCUT2D eigenvalue weighted by atomic mass is 9.74. The van der Waals surface area contributed by atoms with Gasteiger partial charge in [0.05, 0.1) is 25.0 Å². The van der Waals surface area contributed by atoms with Gasteiger partial charge in [-0.3, -0.25) is 14.5 Å². The lowest BCUT2D eigenvalue weighted by molar-refractivity contribution is -0.00706. The van der Waals surface area contributed by atoms with Crippen LogP contribution < -0.4 is 10.1 Å². The van der Waals surface area contributed by atoms with Gasteiger partial charge in [0, 0.05) is 56.8 Å². The van der Waals surface area contributed by atoms with E-state index in [4.69, 9.17) is 14.2 Å². The summed E-state index contributed by atoms with van der Waals surface area (Å²) in [4.78, 5) is 28.9. The summed E-state index contributed by atoms with van der Waals surface area (Å²) in [6.45, 7) is 8.41. The molecular weight excluding hydrogens is 432 g/mol. The van der Waals surface area contributed by atoms with E-state index >= 15 is 0 Å². The minimum Gasteiger partial charge on any atom is -0.490 e. The first-order chi connectivity index (χ1) is 16.4. The maximum atomic E-state index is 13.2. The summed E-state index contributed by atoms with van der Waals surface area (Å²) >= 11 is 0. The van der Waals surface area contributed by atoms with Gasteiger partial charge in [-0.15, -0.1) is 0 Å². The van der Waals surface area contributed by atoms with Gasteiger partial charge in [0.15, 0.2) is 11.6 Å². The summed E-state index contributed by atoms with van der Waals surface area (Å²) in [5.41, 5.74) is 0.911. The Kier molecular flexibility index (Phi) is 8.40. The van der Waals surface area contributed by atoms with E-state index in [1.165, 1.54) is 12.8 Å². The lowest BCUT2D eigenvalue weighted by Crippen LogP contribution is -2.53. The van der Waals surface area contributed by atoms with Crippen molar-refractivity contribution >= 4 is 11.6 Å². The fourth-order valence-electron chi connectivity index (χ4n) is 5.76. The standard InChI is InChI=1S/C27H40N2O5/c1-17(2)29(14-18-7-9-28-10-8-18)19-11-21(12-19)34-20-5-6-22-23(13-20)27(31)25(16-33-4)24(15-32-3)26(22)30/h5-6,13,17-19,21,24-25,28H,7-12,14-16H2,1-4H3. The first-order valence-electron chi connectivity index (χ1n) is 12.8. The molecule has 0 aromatic heterocycles. The largest absolute Gasteiger partial charge is 0.490 e. The molecular formula is C27H40N2O5. The lowest BCUT2D eigenvalue weighted by Gasteiger charge is -2.46. The van der Waals surface area contributed by atoms with Crippen LogP contribution in [0, 0.1) is 17.8 Å². The second-order valence-corrected chi connectivity index (χ2v) is 10.4. The summed E-state index contributed by atoms with van der Waals surface area (Å²) in [5.74, 6) is 0.283. The number of methoxy groups -OCH3 is 2. The van der Waals surface area contributed by atoms with Crippen LogP contribution in [0.5, 0.6) is 5.75 Å². The van der Waals surface area contributed by atoms with Crippen molar-refractivity contribution in [1.82, 2.24) is 10.2 Å². The first kappa shape index (κ1) is 25.3. The summed E-state index contributed by atoms with van der Waals surface area (Å²) in [5, 5.41) is 3.46. The van der Waals surface area contributed by atoms with Crippen molar-refractivity contribution in [1.29, 1.82) is 0 Å². The number of ketones is 2. The molecule has 1 N–H and O–H groups in total. The molecule has 1 saturated heterocycles. The molecule has 34 heavy (non-hydrogen) atoms. The topological polar surface area (TPSA) is 77.1 Å². The third-order valence-electron chi connectivity index (χ3n) is 7.81. The second-order valence-electron chi connectivity index (χ2n) is 10.4. The van der Waals surface area contributed by atoms with Gasteiger partial charge in [-0.25, -0.2) is 0 Å². The Hall–Kier alpha value is -1.80. The quantitative estimate of drug-likeness (QED) is 0.560. The van der Waals surface area contributed by atoms with Crippen LogP contribution in [0.2, 0.25) is 0 Å². The molecule has 188 valence electrons. The van der Waals surface area contributed by atoms with Crippen molar-refractivity contribution in [3.8, 4) is 5.75 Å². The van der Waals surface area contributed by atoms with E-state index in [-0.39, 0.29) is 30.9 Å². The van der Waals surface area contributed by atoms with Gasteiger partial charge in [0.2, 0.25) is 0 Å². The van der Waals surface area contributed by atoms with Crippen molar-refractivity contribution in [2.24, 2.45) is 17.8 Å². The maximum Gasteiger partial charge on any atom is 0.169 e. The van der Waals surface area contributed by atoms with Crippen LogP contribution in [0.25, 0.3) is 0 Å². The average molecular weight is 473 g/mol. The molecule has 2 aliphatic carbocycles. The first-order valence-corrected chi connectivity index (χ1v) is 12.8. The monoisotopic (exact) mass is 472 g/mol. The number of carbonyl (C=O) groups is 2. The summed E-state index contributed by atoms with van der Waals surface area (Å²) in [7, 11) is 3.10. The molecule has 3 aliphatic rings. The van der Waals surface area contributed by atoms with Gasteiger partial charge in [-0.2, -0.15) is 0 Å². The van der Waals surface area contributed by atoms with Crippen LogP contribution >= 0.6 is 0 Å². The van der Waals surface area contributed by atoms with Crippen molar-refractivity contribution in [2.45, 2.75) is 57.7 Å². The highest BCUT2D eigenvalue weighted by Crippen LogP contribution is 2.36. The number of nitrogens with one attached hydrogen (secondary N) is 1. The van der Waals surface area contributed by atoms with Crippen LogP contribution in [0.15, 0.2) is 18.2 Å². The zero-order chi connectivity index (χ0) is 24.2. The minimum absolute atomic E-state index is 0.0563. The number of piperidine rings is 1. The molecule has 0 amide bonds. The third kappa shape index (κ3) is 5.38. The number of ether oxygens (including phenoxy) is 3. The van der Waals surface area contributed by atoms with Crippen LogP contribution in [0.1, 0.15) is 60.2 Å². The number of rotatable bonds is 10. The van der Waals surface area contributed by atoms with E-state index in [0.717, 1.165) is 38.4 Å². The Morgan fingerprint density at radius 3 is 2.18 bits per heavy atom. The Morgan fingerprint density at radius 2 is 1.59 bits per heavy atom. The Labute approximate surface area is 203 Å². The normalized spacial score (nSPS) is 27.7. The summed E-state index contributed by atoms with van der Waals surface area (Å²) in [6, 6.07) is 6.38. The number of hydrogen-bond donors (Lipinski definition) is 1. The predicted octanol–water partition coefficient (Wildman–Crippen LogP) is 3.21. The van der Waals surface area contributed by atoms with Gasteiger partial charge >= 0.3 is 0 Å². The van der Waals surface area contributed by atoms with Gasteiger partial charge in [0.25, 0.3) is 0 Å². The molecule has 2 unspecified atom stereocenters. The Bertz CT molecular complexity index is 861. The van der Waals surface area contributed by atoms with Crippen LogP contribution in [0.3, 0.4) is 0 Å². The molecule has 1 aromatic rings. The smallest absolute Gasteiger partial charge is 0.169 e. The molecule has 1 saturated carbocycles. The number of nitrogens with zero attached hydrogens (tertiary/aromatic N) is 1. The van der Waals surface area contributed by atoms with Crippen molar-refractivity contribution in [3.05, 3.63) is 29.3 Å².